The van der Waals surface area contributed by atoms with Crippen LogP contribution in [0.4, 0.5) is 5.69 Å². The lowest BCUT2D eigenvalue weighted by Crippen LogP contribution is -2.28. The third-order valence-corrected chi connectivity index (χ3v) is 5.49. The molecule has 5 nitrogen and oxygen atoms in total. The van der Waals surface area contributed by atoms with Crippen LogP contribution in [0, 0.1) is 0 Å². The van der Waals surface area contributed by atoms with Crippen LogP contribution in [-0.2, 0) is 10.0 Å². The Morgan fingerprint density at radius 2 is 1.85 bits per heavy atom. The van der Waals surface area contributed by atoms with Gasteiger partial charge in [-0.15, -0.1) is 0 Å². The molecule has 2 N–H and O–H groups in total. The largest absolute Gasteiger partial charge is 0.393 e. The van der Waals surface area contributed by atoms with E-state index in [1.165, 1.54) is 18.4 Å². The summed E-state index contributed by atoms with van der Waals surface area (Å²) in [6, 6.07) is 7.19. The molecule has 1 fully saturated rings. The molecule has 0 unspecified atom stereocenters. The minimum Gasteiger partial charge on any atom is -0.393 e. The molecule has 0 amide bonds. The number of nitrogens with zero attached hydrogens (tertiary/aromatic N) is 1. The number of nitrogens with one attached hydrogen (secondary N) is 1. The topological polar surface area (TPSA) is 69.6 Å². The van der Waals surface area contributed by atoms with Crippen LogP contribution < -0.4 is 5.32 Å². The second-order valence-electron chi connectivity index (χ2n) is 5.47. The highest BCUT2D eigenvalue weighted by Gasteiger charge is 2.20. The number of aliphatic hydroxyl groups excluding tert-OH is 1. The van der Waals surface area contributed by atoms with Gasteiger partial charge in [0.05, 0.1) is 11.0 Å². The Balaban J connectivity index is 2.11. The molecule has 0 bridgehead atoms. The predicted molar refractivity (Wildman–Crippen MR) is 79.2 cm³/mol. The van der Waals surface area contributed by atoms with Crippen LogP contribution in [0.15, 0.2) is 29.2 Å². The van der Waals surface area contributed by atoms with Gasteiger partial charge in [-0.25, -0.2) is 12.7 Å². The first-order chi connectivity index (χ1) is 9.39. The van der Waals surface area contributed by atoms with Crippen LogP contribution in [0.2, 0.25) is 0 Å². The molecule has 0 radical (unpaired) electrons. The van der Waals surface area contributed by atoms with Crippen molar-refractivity contribution in [1.82, 2.24) is 4.31 Å². The fourth-order valence-electron chi connectivity index (χ4n) is 2.41. The second-order valence-corrected chi connectivity index (χ2v) is 7.62. The standard InChI is InChI=1S/C14H22N2O3S/c1-16(2)20(18,19)14-5-3-4-12(10-14)15-11-6-8-13(17)9-7-11/h3-5,10-11,13,15,17H,6-9H2,1-2H3. The number of aliphatic hydroxyl groups is 1. The summed E-state index contributed by atoms with van der Waals surface area (Å²) in [5.74, 6) is 0. The monoisotopic (exact) mass is 298 g/mol. The number of hydrogen-bond acceptors (Lipinski definition) is 4. The minimum atomic E-state index is -3.40. The lowest BCUT2D eigenvalue weighted by molar-refractivity contribution is 0.126. The molecule has 1 aliphatic carbocycles. The summed E-state index contributed by atoms with van der Waals surface area (Å²) in [7, 11) is -0.344. The molecule has 112 valence electrons. The average molecular weight is 298 g/mol. The van der Waals surface area contributed by atoms with Crippen LogP contribution >= 0.6 is 0 Å². The average Bonchev–Trinajstić information content (AvgIpc) is 2.41. The number of hydrogen-bond donors (Lipinski definition) is 2. The second kappa shape index (κ2) is 6.11. The van der Waals surface area contributed by atoms with Gasteiger partial charge in [0.2, 0.25) is 10.0 Å². The van der Waals surface area contributed by atoms with Crippen molar-refractivity contribution >= 4 is 15.7 Å². The molecule has 0 heterocycles. The van der Waals surface area contributed by atoms with E-state index in [1.54, 1.807) is 18.2 Å². The van der Waals surface area contributed by atoms with Gasteiger partial charge in [-0.3, -0.25) is 0 Å². The molecule has 6 heteroatoms. The lowest BCUT2D eigenvalue weighted by atomic mass is 9.93. The zero-order valence-electron chi connectivity index (χ0n) is 11.9. The van der Waals surface area contributed by atoms with Gasteiger partial charge in [0.15, 0.2) is 0 Å². The predicted octanol–water partition coefficient (Wildman–Crippen LogP) is 1.65. The Labute approximate surface area is 120 Å². The number of benzene rings is 1. The molecule has 0 saturated heterocycles. The van der Waals surface area contributed by atoms with E-state index in [9.17, 15) is 13.5 Å². The molecule has 0 spiro atoms. The SMILES string of the molecule is CN(C)S(=O)(=O)c1cccc(NC2CCC(O)CC2)c1. The van der Waals surface area contributed by atoms with Crippen molar-refractivity contribution in [2.45, 2.75) is 42.7 Å². The van der Waals surface area contributed by atoms with Crippen LogP contribution in [0.1, 0.15) is 25.7 Å². The first-order valence-corrected chi connectivity index (χ1v) is 8.31. The highest BCUT2D eigenvalue weighted by molar-refractivity contribution is 7.89. The van der Waals surface area contributed by atoms with Crippen molar-refractivity contribution in [3.63, 3.8) is 0 Å². The zero-order valence-corrected chi connectivity index (χ0v) is 12.7. The molecule has 1 aromatic carbocycles. The Bertz CT molecular complexity index is 549. The van der Waals surface area contributed by atoms with Gasteiger partial charge >= 0.3 is 0 Å². The molecule has 1 aliphatic rings. The Kier molecular flexibility index (Phi) is 4.67. The minimum absolute atomic E-state index is 0.187. The number of rotatable bonds is 4. The van der Waals surface area contributed by atoms with Gasteiger partial charge in [-0.2, -0.15) is 0 Å². The maximum absolute atomic E-state index is 12.1. The van der Waals surface area contributed by atoms with Crippen molar-refractivity contribution in [2.24, 2.45) is 0 Å². The van der Waals surface area contributed by atoms with E-state index in [-0.39, 0.29) is 6.10 Å². The smallest absolute Gasteiger partial charge is 0.242 e. The van der Waals surface area contributed by atoms with Crippen LogP contribution in [0.5, 0.6) is 0 Å². The molecule has 2 rings (SSSR count). The van der Waals surface area contributed by atoms with Crippen LogP contribution in [0.3, 0.4) is 0 Å². The van der Waals surface area contributed by atoms with E-state index in [2.05, 4.69) is 5.32 Å². The highest BCUT2D eigenvalue weighted by Crippen LogP contribution is 2.24. The van der Waals surface area contributed by atoms with E-state index < -0.39 is 10.0 Å². The molecule has 0 aromatic heterocycles. The molecule has 1 aromatic rings. The van der Waals surface area contributed by atoms with E-state index >= 15 is 0 Å². The summed E-state index contributed by atoms with van der Waals surface area (Å²) in [6.07, 6.45) is 3.23. The first-order valence-electron chi connectivity index (χ1n) is 6.87. The van der Waals surface area contributed by atoms with Crippen molar-refractivity contribution in [3.8, 4) is 0 Å². The van der Waals surface area contributed by atoms with Crippen molar-refractivity contribution in [1.29, 1.82) is 0 Å². The maximum atomic E-state index is 12.1. The molecule has 1 saturated carbocycles. The highest BCUT2D eigenvalue weighted by atomic mass is 32.2. The van der Waals surface area contributed by atoms with Crippen molar-refractivity contribution < 1.29 is 13.5 Å². The van der Waals surface area contributed by atoms with Crippen molar-refractivity contribution in [3.05, 3.63) is 24.3 Å². The summed E-state index contributed by atoms with van der Waals surface area (Å²) in [5, 5.41) is 12.9. The van der Waals surface area contributed by atoms with Gasteiger partial charge in [0.25, 0.3) is 0 Å². The van der Waals surface area contributed by atoms with Gasteiger partial charge in [-0.1, -0.05) is 6.07 Å². The quantitative estimate of drug-likeness (QED) is 0.887. The van der Waals surface area contributed by atoms with Crippen LogP contribution in [0.25, 0.3) is 0 Å². The molecule has 0 atom stereocenters. The maximum Gasteiger partial charge on any atom is 0.242 e. The normalized spacial score (nSPS) is 23.8. The molecule has 20 heavy (non-hydrogen) atoms. The lowest BCUT2D eigenvalue weighted by Gasteiger charge is -2.27. The summed E-state index contributed by atoms with van der Waals surface area (Å²) < 4.78 is 25.4. The summed E-state index contributed by atoms with van der Waals surface area (Å²) >= 11 is 0. The Morgan fingerprint density at radius 3 is 2.45 bits per heavy atom. The molecular weight excluding hydrogens is 276 g/mol. The van der Waals surface area contributed by atoms with Crippen molar-refractivity contribution in [2.75, 3.05) is 19.4 Å². The Morgan fingerprint density at radius 1 is 1.20 bits per heavy atom. The molecule has 0 aliphatic heterocycles. The zero-order chi connectivity index (χ0) is 14.8. The summed E-state index contributed by atoms with van der Waals surface area (Å²) in [5.41, 5.74) is 0.814. The fraction of sp³-hybridized carbons (Fsp3) is 0.571. The molecular formula is C14H22N2O3S. The third kappa shape index (κ3) is 3.50. The van der Waals surface area contributed by atoms with E-state index in [4.69, 9.17) is 0 Å². The Hall–Kier alpha value is -1.11. The fourth-order valence-corrected chi connectivity index (χ4v) is 3.36. The van der Waals surface area contributed by atoms with E-state index in [0.29, 0.717) is 10.9 Å². The van der Waals surface area contributed by atoms with Crippen LogP contribution in [-0.4, -0.2) is 44.1 Å². The van der Waals surface area contributed by atoms with E-state index in [0.717, 1.165) is 31.4 Å². The first kappa shape index (κ1) is 15.3. The van der Waals surface area contributed by atoms with Gasteiger partial charge in [0, 0.05) is 25.8 Å². The van der Waals surface area contributed by atoms with Gasteiger partial charge in [0.1, 0.15) is 0 Å². The van der Waals surface area contributed by atoms with Gasteiger partial charge < -0.3 is 10.4 Å². The third-order valence-electron chi connectivity index (χ3n) is 3.68. The van der Waals surface area contributed by atoms with E-state index in [1.807, 2.05) is 6.07 Å². The summed E-state index contributed by atoms with van der Waals surface area (Å²) in [6.45, 7) is 0. The summed E-state index contributed by atoms with van der Waals surface area (Å²) in [4.78, 5) is 0.295. The number of sulfonamides is 1. The van der Waals surface area contributed by atoms with Gasteiger partial charge in [-0.05, 0) is 43.9 Å². The number of anilines is 1.